The van der Waals surface area contributed by atoms with Crippen LogP contribution in [0.3, 0.4) is 0 Å². The van der Waals surface area contributed by atoms with E-state index in [1.165, 1.54) is 25.7 Å². The summed E-state index contributed by atoms with van der Waals surface area (Å²) >= 11 is 0. The van der Waals surface area contributed by atoms with Gasteiger partial charge in [-0.1, -0.05) is 50.5 Å². The Kier molecular flexibility index (Phi) is 25.7. The quantitative estimate of drug-likeness (QED) is 0.0216. The fourth-order valence-electron chi connectivity index (χ4n) is 9.44. The van der Waals surface area contributed by atoms with Crippen LogP contribution in [0, 0.1) is 0 Å². The minimum Gasteiger partial charge on any atom is -0.494 e. The third-order valence-electron chi connectivity index (χ3n) is 13.3. The molecule has 1 aromatic rings. The SMILES string of the molecule is CCCCCC/C=C\CCCOc1cccc(CNC2[C@H](O[C@H]3C(O)C(NC(C)=O)[C@H](O[C@@H]4C(CO)O[C@@H](O[C@H]5C(O)C(NC(C)=O)[C@H](O)O[C@H]5COS(=O)(=O)O)C(NC(C)=O)[C@H]4O)O[C@H]3CO)OC(CO)[C@@H](O)[C@@H]2O)c1. The molecule has 4 fully saturated rings. The standard InChI is InChI=1S/C48H78N4O24S/c1-5-6-7-8-9-10-11-12-13-17-68-28-16-14-15-27(18-28)19-49-34-38(60)37(59)29(20-53)71-46(34)74-42-30(21-54)72-47(35(40(42)62)51-25(3)57)75-43-31(22-55)73-48(36(41(43)63)52-26(4)58)76-44-32(23-69-77(65,66)67)70-45(64)33(39(44)61)50-24(2)56/h10-11,14-16,18,29-49,53-55,59-64H,5-9,12-13,17,19-23H2,1-4H3,(H,50,56)(H,51,57)(H,52,58)(H,65,66,67)/b11-10-/t29?,30-,31?,32-,33?,34?,35?,36?,37+,38+,39?,40?,41+,42+,43+,44+,45+,46-,47-,48-/m0/s1. The average molecular weight is 1130 g/mol. The van der Waals surface area contributed by atoms with Crippen molar-refractivity contribution in [2.24, 2.45) is 0 Å². The van der Waals surface area contributed by atoms with Gasteiger partial charge in [-0.15, -0.1) is 0 Å². The van der Waals surface area contributed by atoms with Crippen molar-refractivity contribution in [1.29, 1.82) is 0 Å². The normalized spacial score (nSPS) is 35.8. The van der Waals surface area contributed by atoms with Crippen molar-refractivity contribution in [3.8, 4) is 5.75 Å². The van der Waals surface area contributed by atoms with E-state index >= 15 is 0 Å². The van der Waals surface area contributed by atoms with E-state index in [0.29, 0.717) is 17.9 Å². The van der Waals surface area contributed by atoms with E-state index in [1.807, 2.05) is 0 Å². The number of carbonyl (C=O) groups excluding carboxylic acids is 3. The molecule has 0 spiro atoms. The Morgan fingerprint density at radius 1 is 0.610 bits per heavy atom. The molecule has 77 heavy (non-hydrogen) atoms. The molecule has 20 atom stereocenters. The Bertz CT molecular complexity index is 2130. The Labute approximate surface area is 446 Å². The number of aliphatic hydroxyl groups excluding tert-OH is 9. The Morgan fingerprint density at radius 2 is 1.10 bits per heavy atom. The summed E-state index contributed by atoms with van der Waals surface area (Å²) in [6, 6.07) is 0.840. The molecule has 4 aliphatic heterocycles. The van der Waals surface area contributed by atoms with Gasteiger partial charge in [-0.25, -0.2) is 4.18 Å². The molecule has 1 aromatic carbocycles. The molecular weight excluding hydrogens is 1050 g/mol. The van der Waals surface area contributed by atoms with Crippen LogP contribution in [0.2, 0.25) is 0 Å². The molecule has 0 saturated carbocycles. The third-order valence-corrected chi connectivity index (χ3v) is 13.7. The molecule has 0 radical (unpaired) electrons. The molecule has 4 aliphatic rings. The summed E-state index contributed by atoms with van der Waals surface area (Å²) in [6.45, 7) is 2.05. The summed E-state index contributed by atoms with van der Waals surface area (Å²) < 4.78 is 84.3. The topological polar surface area (TPSA) is 419 Å². The first-order valence-corrected chi connectivity index (χ1v) is 27.0. The minimum atomic E-state index is -5.15. The molecule has 14 N–H and O–H groups in total. The van der Waals surface area contributed by atoms with Gasteiger partial charge in [0.05, 0.1) is 39.1 Å². The number of hydrogen-bond acceptors (Lipinski definition) is 24. The van der Waals surface area contributed by atoms with Gasteiger partial charge in [0.2, 0.25) is 17.7 Å². The van der Waals surface area contributed by atoms with Crippen LogP contribution in [-0.4, -0.2) is 232 Å². The highest BCUT2D eigenvalue weighted by molar-refractivity contribution is 7.80. The number of aliphatic hydroxyl groups is 9. The first kappa shape index (κ1) is 64.2. The van der Waals surface area contributed by atoms with E-state index in [9.17, 15) is 73.3 Å². The highest BCUT2D eigenvalue weighted by atomic mass is 32.3. The van der Waals surface area contributed by atoms with Crippen LogP contribution in [0.15, 0.2) is 36.4 Å². The smallest absolute Gasteiger partial charge is 0.397 e. The second-order valence-corrected chi connectivity index (χ2v) is 20.3. The van der Waals surface area contributed by atoms with Crippen molar-refractivity contribution in [2.45, 2.75) is 202 Å². The van der Waals surface area contributed by atoms with E-state index in [0.717, 1.165) is 40.0 Å². The number of allylic oxidation sites excluding steroid dienone is 2. The zero-order chi connectivity index (χ0) is 56.6. The lowest BCUT2D eigenvalue weighted by molar-refractivity contribution is -0.362. The van der Waals surface area contributed by atoms with E-state index in [2.05, 4.69) is 44.5 Å². The summed E-state index contributed by atoms with van der Waals surface area (Å²) in [6.07, 6.45) is -16.4. The van der Waals surface area contributed by atoms with Crippen molar-refractivity contribution >= 4 is 28.1 Å². The van der Waals surface area contributed by atoms with Gasteiger partial charge in [0.15, 0.2) is 25.2 Å². The van der Waals surface area contributed by atoms with E-state index in [-0.39, 0.29) is 6.54 Å². The van der Waals surface area contributed by atoms with Gasteiger partial charge in [-0.05, 0) is 43.4 Å². The molecule has 28 nitrogen and oxygen atoms in total. The van der Waals surface area contributed by atoms with Crippen LogP contribution in [0.1, 0.15) is 78.2 Å². The second kappa shape index (κ2) is 30.8. The molecule has 0 aromatic heterocycles. The number of hydrogen-bond donors (Lipinski definition) is 14. The van der Waals surface area contributed by atoms with Crippen LogP contribution >= 0.6 is 0 Å². The average Bonchev–Trinajstić information content (AvgIpc) is 3.37. The summed E-state index contributed by atoms with van der Waals surface area (Å²) in [7, 11) is -5.15. The van der Waals surface area contributed by atoms with E-state index in [1.54, 1.807) is 24.3 Å². The fourth-order valence-corrected chi connectivity index (χ4v) is 9.74. The zero-order valence-electron chi connectivity index (χ0n) is 43.3. The van der Waals surface area contributed by atoms with Gasteiger partial charge in [0.1, 0.15) is 97.1 Å². The number of nitrogens with one attached hydrogen (secondary N) is 4. The number of unbranched alkanes of at least 4 members (excludes halogenated alkanes) is 5. The van der Waals surface area contributed by atoms with Crippen LogP contribution < -0.4 is 26.0 Å². The van der Waals surface area contributed by atoms with Crippen molar-refractivity contribution in [3.05, 3.63) is 42.0 Å². The highest BCUT2D eigenvalue weighted by Crippen LogP contribution is 2.35. The third kappa shape index (κ3) is 18.4. The van der Waals surface area contributed by atoms with Crippen molar-refractivity contribution in [2.75, 3.05) is 33.0 Å². The first-order chi connectivity index (χ1) is 36.6. The first-order valence-electron chi connectivity index (χ1n) is 25.6. The molecule has 8 unspecified atom stereocenters. The Balaban J connectivity index is 1.32. The molecule has 5 rings (SSSR count). The number of carbonyl (C=O) groups is 3. The molecule has 4 saturated heterocycles. The molecular formula is C48H78N4O24S. The van der Waals surface area contributed by atoms with Crippen molar-refractivity contribution in [1.82, 2.24) is 21.3 Å². The van der Waals surface area contributed by atoms with Gasteiger partial charge in [-0.3, -0.25) is 18.9 Å². The van der Waals surface area contributed by atoms with Crippen LogP contribution in [0.25, 0.3) is 0 Å². The molecule has 0 aliphatic carbocycles. The molecule has 0 bridgehead atoms. The highest BCUT2D eigenvalue weighted by Gasteiger charge is 2.56. The zero-order valence-corrected chi connectivity index (χ0v) is 44.1. The summed E-state index contributed by atoms with van der Waals surface area (Å²) in [5.74, 6) is -1.75. The maximum absolute atomic E-state index is 12.7. The molecule has 29 heteroatoms. The van der Waals surface area contributed by atoms with Gasteiger partial charge in [0, 0.05) is 27.3 Å². The lowest BCUT2D eigenvalue weighted by atomic mass is 9.93. The molecule has 440 valence electrons. The largest absolute Gasteiger partial charge is 0.494 e. The monoisotopic (exact) mass is 1130 g/mol. The molecule has 3 amide bonds. The van der Waals surface area contributed by atoms with Crippen molar-refractivity contribution < 1.29 is 115 Å². The lowest BCUT2D eigenvalue weighted by Crippen LogP contribution is -2.71. The second-order valence-electron chi connectivity index (χ2n) is 19.3. The Hall–Kier alpha value is -3.64. The van der Waals surface area contributed by atoms with Gasteiger partial charge in [-0.2, -0.15) is 8.42 Å². The van der Waals surface area contributed by atoms with E-state index in [4.69, 9.17) is 37.9 Å². The molecule has 4 heterocycles. The maximum atomic E-state index is 12.7. The lowest BCUT2D eigenvalue weighted by Gasteiger charge is -2.51. The van der Waals surface area contributed by atoms with E-state index < -0.39 is 177 Å². The summed E-state index contributed by atoms with van der Waals surface area (Å²) in [5, 5.41) is 110. The van der Waals surface area contributed by atoms with Crippen LogP contribution in [0.4, 0.5) is 0 Å². The van der Waals surface area contributed by atoms with Gasteiger partial charge < -0.3 is 105 Å². The fraction of sp³-hybridized carbons (Fsp3) is 0.771. The predicted molar refractivity (Wildman–Crippen MR) is 263 cm³/mol. The van der Waals surface area contributed by atoms with Gasteiger partial charge in [0.25, 0.3) is 0 Å². The van der Waals surface area contributed by atoms with Crippen molar-refractivity contribution in [3.63, 3.8) is 0 Å². The number of amides is 3. The Morgan fingerprint density at radius 3 is 1.62 bits per heavy atom. The van der Waals surface area contributed by atoms with Crippen LogP contribution in [0.5, 0.6) is 5.75 Å². The minimum absolute atomic E-state index is 0.0545. The maximum Gasteiger partial charge on any atom is 0.397 e. The van der Waals surface area contributed by atoms with Gasteiger partial charge >= 0.3 is 10.4 Å². The number of benzene rings is 1. The number of rotatable bonds is 28. The predicted octanol–water partition coefficient (Wildman–Crippen LogP) is -4.01. The number of ether oxygens (including phenoxy) is 8. The summed E-state index contributed by atoms with van der Waals surface area (Å²) in [5.41, 5.74) is 0.693. The van der Waals surface area contributed by atoms with Crippen LogP contribution in [-0.2, 0) is 68.7 Å². The summed E-state index contributed by atoms with van der Waals surface area (Å²) in [4.78, 5) is 37.3.